The summed E-state index contributed by atoms with van der Waals surface area (Å²) < 4.78 is 15.2. The molecule has 1 amide bonds. The molecule has 1 aromatic carbocycles. The van der Waals surface area contributed by atoms with Gasteiger partial charge in [-0.15, -0.1) is 0 Å². The molecule has 1 aromatic rings. The molecule has 0 aliphatic carbocycles. The van der Waals surface area contributed by atoms with Gasteiger partial charge in [-0.25, -0.2) is 8.51 Å². The maximum absolute atomic E-state index is 12.2. The molecule has 0 saturated heterocycles. The molecule has 1 unspecified atom stereocenters. The van der Waals surface area contributed by atoms with Gasteiger partial charge in [-0.3, -0.25) is 9.10 Å². The number of carbonyl (C=O) groups is 1. The number of rotatable bonds is 2. The molecule has 0 radical (unpaired) electrons. The van der Waals surface area contributed by atoms with Crippen molar-refractivity contribution < 1.29 is 9.00 Å². The van der Waals surface area contributed by atoms with Crippen LogP contribution in [0.2, 0.25) is 0 Å². The van der Waals surface area contributed by atoms with Crippen LogP contribution in [0.3, 0.4) is 0 Å². The van der Waals surface area contributed by atoms with Crippen molar-refractivity contribution in [3.8, 4) is 0 Å². The predicted octanol–water partition coefficient (Wildman–Crippen LogP) is 1.83. The van der Waals surface area contributed by atoms with E-state index in [1.165, 1.54) is 4.31 Å². The van der Waals surface area contributed by atoms with Gasteiger partial charge in [0.25, 0.3) is 5.91 Å². The van der Waals surface area contributed by atoms with Crippen LogP contribution in [0.1, 0.15) is 19.4 Å². The van der Waals surface area contributed by atoms with Gasteiger partial charge in [-0.2, -0.15) is 0 Å². The van der Waals surface area contributed by atoms with Crippen LogP contribution in [0.15, 0.2) is 41.6 Å². The summed E-state index contributed by atoms with van der Waals surface area (Å²) in [7, 11) is 1.74. The minimum Gasteiger partial charge on any atom is -0.281 e. The number of hydrogen-bond donors (Lipinski definition) is 0. The summed E-state index contributed by atoms with van der Waals surface area (Å²) >= 11 is -1.44. The van der Waals surface area contributed by atoms with Crippen molar-refractivity contribution in [2.75, 3.05) is 7.05 Å². The van der Waals surface area contributed by atoms with Crippen molar-refractivity contribution in [1.82, 2.24) is 8.61 Å². The lowest BCUT2D eigenvalue weighted by molar-refractivity contribution is -0.123. The Hall–Kier alpha value is -1.62. The smallest absolute Gasteiger partial charge is 0.264 e. The van der Waals surface area contributed by atoms with Gasteiger partial charge >= 0.3 is 0 Å². The zero-order chi connectivity index (χ0) is 13.3. The van der Waals surface area contributed by atoms with Gasteiger partial charge in [0.2, 0.25) is 11.2 Å². The second kappa shape index (κ2) is 4.94. The summed E-state index contributed by atoms with van der Waals surface area (Å²) in [5.41, 5.74) is 2.38. The first-order valence-corrected chi connectivity index (χ1v) is 6.77. The van der Waals surface area contributed by atoms with Crippen LogP contribution >= 0.6 is 0 Å². The summed E-state index contributed by atoms with van der Waals surface area (Å²) in [6.45, 7) is 3.94. The van der Waals surface area contributed by atoms with Gasteiger partial charge in [-0.1, -0.05) is 30.3 Å². The van der Waals surface area contributed by atoms with Crippen molar-refractivity contribution in [2.45, 2.75) is 20.4 Å². The summed E-state index contributed by atoms with van der Waals surface area (Å²) in [6, 6.07) is 9.57. The first kappa shape index (κ1) is 12.8. The van der Waals surface area contributed by atoms with Crippen molar-refractivity contribution in [3.63, 3.8) is 0 Å². The van der Waals surface area contributed by atoms with E-state index in [1.807, 2.05) is 37.3 Å². The molecule has 2 rings (SSSR count). The minimum absolute atomic E-state index is 0.159. The summed E-state index contributed by atoms with van der Waals surface area (Å²) in [5, 5.41) is 0. The van der Waals surface area contributed by atoms with Crippen LogP contribution in [-0.2, 0) is 22.5 Å². The van der Waals surface area contributed by atoms with Gasteiger partial charge in [0.1, 0.15) is 0 Å². The molecular formula is C13H16N2O2S. The van der Waals surface area contributed by atoms with E-state index in [-0.39, 0.29) is 5.91 Å². The normalized spacial score (nSPS) is 20.6. The number of benzene rings is 1. The highest BCUT2D eigenvalue weighted by atomic mass is 32.2. The van der Waals surface area contributed by atoms with E-state index < -0.39 is 11.2 Å². The standard InChI is InChI=1S/C13H16N2O2S/c1-10-11(2)14(3)18(17)15(13(10)16)9-12-7-5-4-6-8-12/h4-8H,9H2,1-3H3. The van der Waals surface area contributed by atoms with E-state index in [0.29, 0.717) is 12.1 Å². The monoisotopic (exact) mass is 264 g/mol. The maximum atomic E-state index is 12.2. The third kappa shape index (κ3) is 2.18. The molecule has 1 atom stereocenters. The van der Waals surface area contributed by atoms with Crippen LogP contribution in [0.5, 0.6) is 0 Å². The molecular weight excluding hydrogens is 248 g/mol. The average molecular weight is 264 g/mol. The van der Waals surface area contributed by atoms with E-state index in [0.717, 1.165) is 11.3 Å². The van der Waals surface area contributed by atoms with Crippen molar-refractivity contribution in [1.29, 1.82) is 0 Å². The lowest BCUT2D eigenvalue weighted by Gasteiger charge is -2.33. The van der Waals surface area contributed by atoms with E-state index in [1.54, 1.807) is 18.3 Å². The lowest BCUT2D eigenvalue weighted by atomic mass is 10.2. The van der Waals surface area contributed by atoms with Gasteiger partial charge in [0.05, 0.1) is 6.54 Å². The number of nitrogens with zero attached hydrogens (tertiary/aromatic N) is 2. The van der Waals surface area contributed by atoms with Crippen molar-refractivity contribution >= 4 is 17.1 Å². The lowest BCUT2D eigenvalue weighted by Crippen LogP contribution is -2.44. The highest BCUT2D eigenvalue weighted by molar-refractivity contribution is 7.81. The SMILES string of the molecule is CC1=C(C)N(C)S(=O)N(Cc2ccccc2)C1=O. The average Bonchev–Trinajstić information content (AvgIpc) is 2.40. The Kier molecular flexibility index (Phi) is 3.52. The highest BCUT2D eigenvalue weighted by Gasteiger charge is 2.31. The molecule has 96 valence electrons. The molecule has 5 heteroatoms. The number of allylic oxidation sites excluding steroid dienone is 1. The van der Waals surface area contributed by atoms with E-state index in [4.69, 9.17) is 0 Å². The zero-order valence-corrected chi connectivity index (χ0v) is 11.5. The van der Waals surface area contributed by atoms with Gasteiger partial charge in [-0.05, 0) is 19.4 Å². The third-order valence-corrected chi connectivity index (χ3v) is 4.57. The zero-order valence-electron chi connectivity index (χ0n) is 10.7. The number of hydrogen-bond acceptors (Lipinski definition) is 2. The first-order chi connectivity index (χ1) is 8.52. The fourth-order valence-electron chi connectivity index (χ4n) is 1.79. The molecule has 0 bridgehead atoms. The Bertz CT molecular complexity index is 525. The first-order valence-electron chi connectivity index (χ1n) is 5.71. The van der Waals surface area contributed by atoms with Crippen LogP contribution in [-0.4, -0.2) is 25.8 Å². The Labute approximate surface area is 110 Å². The highest BCUT2D eigenvalue weighted by Crippen LogP contribution is 2.23. The predicted molar refractivity (Wildman–Crippen MR) is 71.3 cm³/mol. The molecule has 0 saturated carbocycles. The van der Waals surface area contributed by atoms with Crippen molar-refractivity contribution in [3.05, 3.63) is 47.2 Å². The quantitative estimate of drug-likeness (QED) is 0.817. The fraction of sp³-hybridized carbons (Fsp3) is 0.308. The number of amides is 1. The van der Waals surface area contributed by atoms with Crippen LogP contribution in [0, 0.1) is 0 Å². The molecule has 1 aliphatic rings. The second-order valence-corrected chi connectivity index (χ2v) is 5.72. The van der Waals surface area contributed by atoms with E-state index in [9.17, 15) is 9.00 Å². The molecule has 0 spiro atoms. The van der Waals surface area contributed by atoms with Crippen molar-refractivity contribution in [2.24, 2.45) is 0 Å². The third-order valence-electron chi connectivity index (χ3n) is 3.15. The van der Waals surface area contributed by atoms with E-state index >= 15 is 0 Å². The Morgan fingerprint density at radius 3 is 2.39 bits per heavy atom. The van der Waals surface area contributed by atoms with Gasteiger partial charge < -0.3 is 0 Å². The van der Waals surface area contributed by atoms with Gasteiger partial charge in [0.15, 0.2) is 0 Å². The number of carbonyl (C=O) groups excluding carboxylic acids is 1. The molecule has 1 aliphatic heterocycles. The Balaban J connectivity index is 2.29. The topological polar surface area (TPSA) is 40.6 Å². The van der Waals surface area contributed by atoms with E-state index in [2.05, 4.69) is 0 Å². The fourth-order valence-corrected chi connectivity index (χ4v) is 3.00. The summed E-state index contributed by atoms with van der Waals surface area (Å²) in [6.07, 6.45) is 0. The summed E-state index contributed by atoms with van der Waals surface area (Å²) in [4.78, 5) is 12.1. The molecule has 1 heterocycles. The Morgan fingerprint density at radius 2 is 1.78 bits per heavy atom. The largest absolute Gasteiger partial charge is 0.281 e. The molecule has 0 aromatic heterocycles. The Morgan fingerprint density at radius 1 is 1.17 bits per heavy atom. The van der Waals surface area contributed by atoms with Crippen LogP contribution in [0.25, 0.3) is 0 Å². The van der Waals surface area contributed by atoms with Gasteiger partial charge in [0, 0.05) is 18.3 Å². The second-order valence-electron chi connectivity index (χ2n) is 4.27. The minimum atomic E-state index is -1.44. The molecule has 18 heavy (non-hydrogen) atoms. The summed E-state index contributed by atoms with van der Waals surface area (Å²) in [5.74, 6) is -0.159. The molecule has 0 fully saturated rings. The van der Waals surface area contributed by atoms with Crippen LogP contribution < -0.4 is 0 Å². The maximum Gasteiger partial charge on any atom is 0.264 e. The van der Waals surface area contributed by atoms with Crippen LogP contribution in [0.4, 0.5) is 0 Å². The molecule has 0 N–H and O–H groups in total. The molecule has 4 nitrogen and oxygen atoms in total.